The van der Waals surface area contributed by atoms with Crippen LogP contribution in [0.25, 0.3) is 0 Å². The Morgan fingerprint density at radius 1 is 1.04 bits per heavy atom. The standard InChI is InChI=1S/C16H24N4O4/c1-16(2,3)20-15(23)19-13(21)9-18-11-5-7-12(8-6-11)24-10-14(22)17-4/h5-8,18H,9-10H2,1-4H3,(H,17,22)(H2,19,20,21,23). The van der Waals surface area contributed by atoms with Crippen molar-refractivity contribution in [2.24, 2.45) is 0 Å². The monoisotopic (exact) mass is 336 g/mol. The Morgan fingerprint density at radius 3 is 2.21 bits per heavy atom. The van der Waals surface area contributed by atoms with Gasteiger partial charge in [0.2, 0.25) is 5.91 Å². The number of carbonyl (C=O) groups is 3. The third-order valence-electron chi connectivity index (χ3n) is 2.70. The molecule has 4 N–H and O–H groups in total. The van der Waals surface area contributed by atoms with Gasteiger partial charge in [-0.2, -0.15) is 0 Å². The predicted octanol–water partition coefficient (Wildman–Crippen LogP) is 0.848. The molecule has 0 unspecified atom stereocenters. The Morgan fingerprint density at radius 2 is 1.67 bits per heavy atom. The molecule has 1 rings (SSSR count). The van der Waals surface area contributed by atoms with Crippen LogP contribution in [0.5, 0.6) is 5.75 Å². The van der Waals surface area contributed by atoms with E-state index in [0.717, 1.165) is 0 Å². The molecular formula is C16H24N4O4. The number of amides is 4. The normalized spacial score (nSPS) is 10.5. The number of urea groups is 1. The van der Waals surface area contributed by atoms with Crippen LogP contribution in [0, 0.1) is 0 Å². The van der Waals surface area contributed by atoms with Gasteiger partial charge in [0.25, 0.3) is 5.91 Å². The minimum absolute atomic E-state index is 0.0456. The number of ether oxygens (including phenoxy) is 1. The quantitative estimate of drug-likeness (QED) is 0.616. The Bertz CT molecular complexity index is 579. The van der Waals surface area contributed by atoms with E-state index < -0.39 is 17.5 Å². The van der Waals surface area contributed by atoms with Crippen molar-refractivity contribution >= 4 is 23.5 Å². The Hall–Kier alpha value is -2.77. The van der Waals surface area contributed by atoms with Crippen molar-refractivity contribution in [3.8, 4) is 5.75 Å². The summed E-state index contributed by atoms with van der Waals surface area (Å²) in [5.74, 6) is -0.128. The molecule has 0 saturated carbocycles. The number of rotatable bonds is 6. The summed E-state index contributed by atoms with van der Waals surface area (Å²) in [7, 11) is 1.53. The van der Waals surface area contributed by atoms with E-state index in [9.17, 15) is 14.4 Å². The number of hydrogen-bond acceptors (Lipinski definition) is 5. The molecule has 0 bridgehead atoms. The van der Waals surface area contributed by atoms with Gasteiger partial charge in [-0.05, 0) is 45.0 Å². The second-order valence-electron chi connectivity index (χ2n) is 6.09. The van der Waals surface area contributed by atoms with E-state index >= 15 is 0 Å². The van der Waals surface area contributed by atoms with Crippen LogP contribution in [0.3, 0.4) is 0 Å². The van der Waals surface area contributed by atoms with Crippen LogP contribution in [0.15, 0.2) is 24.3 Å². The molecule has 0 fully saturated rings. The summed E-state index contributed by atoms with van der Waals surface area (Å²) in [5, 5.41) is 10.2. The van der Waals surface area contributed by atoms with Gasteiger partial charge in [-0.1, -0.05) is 0 Å². The zero-order valence-corrected chi connectivity index (χ0v) is 14.4. The van der Waals surface area contributed by atoms with E-state index in [1.807, 2.05) is 20.8 Å². The molecule has 0 saturated heterocycles. The maximum absolute atomic E-state index is 11.7. The van der Waals surface area contributed by atoms with Gasteiger partial charge in [0.05, 0.1) is 6.54 Å². The maximum Gasteiger partial charge on any atom is 0.321 e. The molecular weight excluding hydrogens is 312 g/mol. The number of imide groups is 1. The number of anilines is 1. The van der Waals surface area contributed by atoms with E-state index in [1.54, 1.807) is 24.3 Å². The lowest BCUT2D eigenvalue weighted by atomic mass is 10.1. The molecule has 8 nitrogen and oxygen atoms in total. The molecule has 0 atom stereocenters. The molecule has 0 aliphatic heterocycles. The molecule has 24 heavy (non-hydrogen) atoms. The predicted molar refractivity (Wildman–Crippen MR) is 90.9 cm³/mol. The average Bonchev–Trinajstić information content (AvgIpc) is 2.49. The topological polar surface area (TPSA) is 109 Å². The van der Waals surface area contributed by atoms with Gasteiger partial charge in [-0.15, -0.1) is 0 Å². The zero-order chi connectivity index (χ0) is 18.2. The fourth-order valence-corrected chi connectivity index (χ4v) is 1.62. The number of carbonyl (C=O) groups excluding carboxylic acids is 3. The third-order valence-corrected chi connectivity index (χ3v) is 2.70. The molecule has 0 spiro atoms. The molecule has 132 valence electrons. The molecule has 0 radical (unpaired) electrons. The molecule has 0 aromatic heterocycles. The van der Waals surface area contributed by atoms with Crippen LogP contribution in [-0.4, -0.2) is 43.6 Å². The summed E-state index contributed by atoms with van der Waals surface area (Å²) < 4.78 is 5.27. The van der Waals surface area contributed by atoms with Crippen molar-refractivity contribution in [1.82, 2.24) is 16.0 Å². The van der Waals surface area contributed by atoms with Gasteiger partial charge in [0.1, 0.15) is 5.75 Å². The average molecular weight is 336 g/mol. The summed E-state index contributed by atoms with van der Waals surface area (Å²) in [4.78, 5) is 34.3. The third kappa shape index (κ3) is 8.02. The zero-order valence-electron chi connectivity index (χ0n) is 14.4. The van der Waals surface area contributed by atoms with Crippen LogP contribution >= 0.6 is 0 Å². The number of likely N-dealkylation sites (N-methyl/N-ethyl adjacent to an activating group) is 1. The highest BCUT2D eigenvalue weighted by Gasteiger charge is 2.15. The highest BCUT2D eigenvalue weighted by molar-refractivity contribution is 5.96. The van der Waals surface area contributed by atoms with E-state index in [2.05, 4.69) is 21.3 Å². The van der Waals surface area contributed by atoms with Crippen molar-refractivity contribution in [3.05, 3.63) is 24.3 Å². The highest BCUT2D eigenvalue weighted by atomic mass is 16.5. The second-order valence-corrected chi connectivity index (χ2v) is 6.09. The summed E-state index contributed by atoms with van der Waals surface area (Å²) in [6.07, 6.45) is 0. The van der Waals surface area contributed by atoms with Crippen LogP contribution in [0.4, 0.5) is 10.5 Å². The highest BCUT2D eigenvalue weighted by Crippen LogP contribution is 2.15. The SMILES string of the molecule is CNC(=O)COc1ccc(NCC(=O)NC(=O)NC(C)(C)C)cc1. The van der Waals surface area contributed by atoms with Crippen molar-refractivity contribution < 1.29 is 19.1 Å². The first-order valence-corrected chi connectivity index (χ1v) is 7.49. The van der Waals surface area contributed by atoms with E-state index in [0.29, 0.717) is 11.4 Å². The molecule has 1 aromatic rings. The van der Waals surface area contributed by atoms with Crippen LogP contribution in [0.2, 0.25) is 0 Å². The Labute approximate surface area is 141 Å². The lowest BCUT2D eigenvalue weighted by Crippen LogP contribution is -2.49. The molecule has 0 aliphatic carbocycles. The van der Waals surface area contributed by atoms with Crippen molar-refractivity contribution in [1.29, 1.82) is 0 Å². The summed E-state index contributed by atoms with van der Waals surface area (Å²) in [6, 6.07) is 6.24. The van der Waals surface area contributed by atoms with Crippen LogP contribution in [-0.2, 0) is 9.59 Å². The van der Waals surface area contributed by atoms with Crippen LogP contribution in [0.1, 0.15) is 20.8 Å². The number of nitrogens with one attached hydrogen (secondary N) is 4. The lowest BCUT2D eigenvalue weighted by molar-refractivity contribution is -0.122. The molecule has 4 amide bonds. The van der Waals surface area contributed by atoms with Gasteiger partial charge in [-0.25, -0.2) is 4.79 Å². The smallest absolute Gasteiger partial charge is 0.321 e. The molecule has 0 heterocycles. The van der Waals surface area contributed by atoms with Crippen molar-refractivity contribution in [2.75, 3.05) is 25.5 Å². The second kappa shape index (κ2) is 8.76. The van der Waals surface area contributed by atoms with Gasteiger partial charge in [-0.3, -0.25) is 14.9 Å². The first-order chi connectivity index (χ1) is 11.2. The Balaban J connectivity index is 2.38. The summed E-state index contributed by atoms with van der Waals surface area (Å²) in [6.45, 7) is 5.36. The lowest BCUT2D eigenvalue weighted by Gasteiger charge is -2.20. The first-order valence-electron chi connectivity index (χ1n) is 7.49. The molecule has 8 heteroatoms. The van der Waals surface area contributed by atoms with Gasteiger partial charge < -0.3 is 20.7 Å². The number of benzene rings is 1. The van der Waals surface area contributed by atoms with E-state index in [4.69, 9.17) is 4.74 Å². The van der Waals surface area contributed by atoms with Gasteiger partial charge >= 0.3 is 6.03 Å². The van der Waals surface area contributed by atoms with E-state index in [1.165, 1.54) is 7.05 Å². The Kier molecular flexibility index (Phi) is 7.03. The van der Waals surface area contributed by atoms with Gasteiger partial charge in [0, 0.05) is 18.3 Å². The summed E-state index contributed by atoms with van der Waals surface area (Å²) >= 11 is 0. The van der Waals surface area contributed by atoms with Gasteiger partial charge in [0.15, 0.2) is 6.61 Å². The largest absolute Gasteiger partial charge is 0.484 e. The summed E-state index contributed by atoms with van der Waals surface area (Å²) in [5.41, 5.74) is 0.274. The maximum atomic E-state index is 11.7. The fraction of sp³-hybridized carbons (Fsp3) is 0.438. The number of hydrogen-bond donors (Lipinski definition) is 4. The molecule has 1 aromatic carbocycles. The van der Waals surface area contributed by atoms with Crippen molar-refractivity contribution in [3.63, 3.8) is 0 Å². The fourth-order valence-electron chi connectivity index (χ4n) is 1.62. The minimum atomic E-state index is -0.535. The molecule has 0 aliphatic rings. The van der Waals surface area contributed by atoms with E-state index in [-0.39, 0.29) is 19.1 Å². The van der Waals surface area contributed by atoms with Crippen LogP contribution < -0.4 is 26.0 Å². The minimum Gasteiger partial charge on any atom is -0.484 e. The van der Waals surface area contributed by atoms with Crippen molar-refractivity contribution in [2.45, 2.75) is 26.3 Å². The first kappa shape index (κ1) is 19.3.